The summed E-state index contributed by atoms with van der Waals surface area (Å²) in [4.78, 5) is 11.8. The third-order valence-corrected chi connectivity index (χ3v) is 7.30. The van der Waals surface area contributed by atoms with E-state index in [-0.39, 0.29) is 44.2 Å². The summed E-state index contributed by atoms with van der Waals surface area (Å²) in [5.74, 6) is 0.548. The van der Waals surface area contributed by atoms with Gasteiger partial charge in [-0.2, -0.15) is 0 Å². The van der Waals surface area contributed by atoms with Crippen LogP contribution in [0.3, 0.4) is 0 Å². The molecule has 3 unspecified atom stereocenters. The minimum atomic E-state index is -0.850. The molecule has 0 radical (unpaired) electrons. The molecule has 0 saturated heterocycles. The van der Waals surface area contributed by atoms with Crippen molar-refractivity contribution in [1.29, 1.82) is 0 Å². The average molecular weight is 551 g/mol. The van der Waals surface area contributed by atoms with E-state index in [1.54, 1.807) is 6.92 Å². The van der Waals surface area contributed by atoms with E-state index in [0.717, 1.165) is 0 Å². The number of carbonyl (C=O) groups excluding carboxylic acids is 1. The fourth-order valence-corrected chi connectivity index (χ4v) is 4.30. The molecule has 0 fully saturated rings. The van der Waals surface area contributed by atoms with Crippen molar-refractivity contribution in [3.8, 4) is 5.75 Å². The number of carbonyl (C=O) groups is 1. The summed E-state index contributed by atoms with van der Waals surface area (Å²) < 4.78 is 21.6. The molecule has 0 aliphatic carbocycles. The van der Waals surface area contributed by atoms with Crippen molar-refractivity contribution in [3.63, 3.8) is 0 Å². The molecule has 0 saturated carbocycles. The van der Waals surface area contributed by atoms with E-state index in [2.05, 4.69) is 45.0 Å². The van der Waals surface area contributed by atoms with E-state index in [1.807, 2.05) is 24.3 Å². The fourth-order valence-electron chi connectivity index (χ4n) is 3.48. The number of aliphatic hydroxyl groups excluding tert-OH is 3. The topological polar surface area (TPSA) is 115 Å². The Kier molecular flexibility index (Phi) is 14.1. The highest BCUT2D eigenvalue weighted by Gasteiger charge is 2.23. The Morgan fingerprint density at radius 1 is 0.868 bits per heavy atom. The molecule has 8 nitrogen and oxygen atoms in total. The van der Waals surface area contributed by atoms with E-state index >= 15 is 0 Å². The van der Waals surface area contributed by atoms with Gasteiger partial charge in [-0.3, -0.25) is 4.79 Å². The van der Waals surface area contributed by atoms with Crippen molar-refractivity contribution < 1.29 is 39.1 Å². The van der Waals surface area contributed by atoms with Gasteiger partial charge < -0.3 is 34.3 Å². The van der Waals surface area contributed by atoms with Crippen molar-refractivity contribution in [2.24, 2.45) is 0 Å². The van der Waals surface area contributed by atoms with Crippen molar-refractivity contribution in [2.45, 2.75) is 50.6 Å². The summed E-state index contributed by atoms with van der Waals surface area (Å²) in [5, 5.41) is 27.8. The molecule has 38 heavy (non-hydrogen) atoms. The molecule has 3 N–H and O–H groups in total. The van der Waals surface area contributed by atoms with Gasteiger partial charge in [0.05, 0.1) is 44.4 Å². The van der Waals surface area contributed by atoms with Gasteiger partial charge >= 0.3 is 5.97 Å². The molecule has 0 heterocycles. The highest BCUT2D eigenvalue weighted by atomic mass is 32.2. The first kappa shape index (κ1) is 32.1. The van der Waals surface area contributed by atoms with Gasteiger partial charge in [-0.05, 0) is 37.1 Å². The molecule has 2 aromatic carbocycles. The number of aryl methyl sites for hydroxylation is 1. The number of esters is 1. The average Bonchev–Trinajstić information content (AvgIpc) is 2.92. The predicted octanol–water partition coefficient (Wildman–Crippen LogP) is 3.11. The van der Waals surface area contributed by atoms with Crippen LogP contribution in [0.4, 0.5) is 0 Å². The zero-order valence-corrected chi connectivity index (χ0v) is 23.6. The van der Waals surface area contributed by atoms with E-state index in [0.29, 0.717) is 19.0 Å². The van der Waals surface area contributed by atoms with Crippen LogP contribution >= 0.6 is 11.8 Å². The molecule has 0 bridgehead atoms. The lowest BCUT2D eigenvalue weighted by molar-refractivity contribution is -0.144. The Morgan fingerprint density at radius 2 is 1.45 bits per heavy atom. The van der Waals surface area contributed by atoms with Crippen LogP contribution in [0.2, 0.25) is 0 Å². The maximum atomic E-state index is 11.8. The first-order valence-electron chi connectivity index (χ1n) is 12.8. The second kappa shape index (κ2) is 16.7. The van der Waals surface area contributed by atoms with Crippen molar-refractivity contribution in [2.75, 3.05) is 52.0 Å². The lowest BCUT2D eigenvalue weighted by Crippen LogP contribution is -2.25. The van der Waals surface area contributed by atoms with Crippen LogP contribution in [0.1, 0.15) is 37.5 Å². The lowest BCUT2D eigenvalue weighted by Gasteiger charge is -2.26. The van der Waals surface area contributed by atoms with Crippen molar-refractivity contribution in [3.05, 3.63) is 65.2 Å². The Labute approximate surface area is 230 Å². The zero-order valence-electron chi connectivity index (χ0n) is 22.8. The van der Waals surface area contributed by atoms with Crippen LogP contribution < -0.4 is 4.74 Å². The van der Waals surface area contributed by atoms with Crippen molar-refractivity contribution >= 4 is 17.7 Å². The summed E-state index contributed by atoms with van der Waals surface area (Å²) in [7, 11) is 0. The SMILES string of the molecule is Cc1ccc(C(C)(C)c2ccc(OCC(O)COCCOCCOC(=O)C(C)SCC(O)CO)cc2)cc1. The zero-order chi connectivity index (χ0) is 28.0. The fraction of sp³-hybridized carbons (Fsp3) is 0.552. The molecule has 2 rings (SSSR count). The highest BCUT2D eigenvalue weighted by molar-refractivity contribution is 8.00. The Morgan fingerprint density at radius 3 is 2.08 bits per heavy atom. The van der Waals surface area contributed by atoms with E-state index in [4.69, 9.17) is 24.1 Å². The third-order valence-electron chi connectivity index (χ3n) is 6.03. The van der Waals surface area contributed by atoms with Gasteiger partial charge in [-0.25, -0.2) is 0 Å². The van der Waals surface area contributed by atoms with Crippen LogP contribution in [0.5, 0.6) is 5.75 Å². The lowest BCUT2D eigenvalue weighted by atomic mass is 9.78. The first-order chi connectivity index (χ1) is 18.1. The van der Waals surface area contributed by atoms with E-state index in [1.165, 1.54) is 28.5 Å². The summed E-state index contributed by atoms with van der Waals surface area (Å²) in [6.07, 6.45) is -1.62. The summed E-state index contributed by atoms with van der Waals surface area (Å²) in [6.45, 7) is 8.98. The Hall–Kier alpha value is -2.14. The van der Waals surface area contributed by atoms with Crippen LogP contribution in [0.15, 0.2) is 48.5 Å². The number of ether oxygens (including phenoxy) is 4. The largest absolute Gasteiger partial charge is 0.491 e. The Balaban J connectivity index is 1.56. The number of thioether (sulfide) groups is 1. The highest BCUT2D eigenvalue weighted by Crippen LogP contribution is 2.32. The molecule has 2 aromatic rings. The summed E-state index contributed by atoms with van der Waals surface area (Å²) >= 11 is 1.22. The number of rotatable bonds is 18. The van der Waals surface area contributed by atoms with Crippen LogP contribution in [-0.2, 0) is 24.4 Å². The van der Waals surface area contributed by atoms with Gasteiger partial charge in [0.15, 0.2) is 0 Å². The Bertz CT molecular complexity index is 933. The molecule has 3 atom stereocenters. The molecule has 212 valence electrons. The molecular formula is C29H42O8S. The van der Waals surface area contributed by atoms with Crippen LogP contribution in [-0.4, -0.2) is 90.7 Å². The molecular weight excluding hydrogens is 508 g/mol. The van der Waals surface area contributed by atoms with E-state index in [9.17, 15) is 15.0 Å². The van der Waals surface area contributed by atoms with Gasteiger partial charge in [0.2, 0.25) is 0 Å². The summed E-state index contributed by atoms with van der Waals surface area (Å²) in [6, 6.07) is 16.5. The number of hydrogen-bond acceptors (Lipinski definition) is 9. The van der Waals surface area contributed by atoms with Gasteiger partial charge in [0, 0.05) is 11.2 Å². The predicted molar refractivity (Wildman–Crippen MR) is 149 cm³/mol. The second-order valence-corrected chi connectivity index (χ2v) is 11.0. The molecule has 0 spiro atoms. The monoisotopic (exact) mass is 550 g/mol. The van der Waals surface area contributed by atoms with Gasteiger partial charge in [-0.15, -0.1) is 11.8 Å². The molecule has 0 aliphatic rings. The minimum Gasteiger partial charge on any atom is -0.491 e. The van der Waals surface area contributed by atoms with Crippen LogP contribution in [0, 0.1) is 6.92 Å². The molecule has 0 amide bonds. The quantitative estimate of drug-likeness (QED) is 0.190. The number of benzene rings is 2. The normalized spacial score (nSPS) is 14.1. The molecule has 0 aromatic heterocycles. The smallest absolute Gasteiger partial charge is 0.318 e. The third kappa shape index (κ3) is 11.3. The number of aliphatic hydroxyl groups is 3. The minimum absolute atomic E-state index is 0.114. The number of hydrogen-bond donors (Lipinski definition) is 3. The summed E-state index contributed by atoms with van der Waals surface area (Å²) in [5.41, 5.74) is 3.53. The maximum Gasteiger partial charge on any atom is 0.318 e. The van der Waals surface area contributed by atoms with Gasteiger partial charge in [-0.1, -0.05) is 55.8 Å². The standard InChI is InChI=1S/C29H42O8S/c1-21-5-7-23(8-6-21)29(3,4)24-9-11-27(12-10-24)37-19-26(32)18-35-14-13-34-15-16-36-28(33)22(2)38-20-25(31)17-30/h5-12,22,25-26,30-32H,13-20H2,1-4H3. The maximum absolute atomic E-state index is 11.8. The van der Waals surface area contributed by atoms with Crippen molar-refractivity contribution in [1.82, 2.24) is 0 Å². The molecule has 9 heteroatoms. The molecule has 0 aliphatic heterocycles. The van der Waals surface area contributed by atoms with Gasteiger partial charge in [0.25, 0.3) is 0 Å². The van der Waals surface area contributed by atoms with Gasteiger partial charge in [0.1, 0.15) is 25.1 Å². The second-order valence-electron chi connectivity index (χ2n) is 9.65. The van der Waals surface area contributed by atoms with E-state index < -0.39 is 23.4 Å². The van der Waals surface area contributed by atoms with Crippen LogP contribution in [0.25, 0.3) is 0 Å². The first-order valence-corrected chi connectivity index (χ1v) is 13.9.